The van der Waals surface area contributed by atoms with Crippen LogP contribution in [0.5, 0.6) is 17.2 Å². The van der Waals surface area contributed by atoms with Crippen LogP contribution >= 0.6 is 0 Å². The zero-order chi connectivity index (χ0) is 41.1. The van der Waals surface area contributed by atoms with Crippen LogP contribution in [-0.2, 0) is 34.3 Å². The topological polar surface area (TPSA) is 175 Å². The highest BCUT2D eigenvalue weighted by Crippen LogP contribution is 2.56. The Balaban J connectivity index is 1.03. The van der Waals surface area contributed by atoms with Gasteiger partial charge in [0.05, 0.1) is 30.4 Å². The molecule has 302 valence electrons. The number of fused-ring (bicyclic) bond motifs is 6. The highest BCUT2D eigenvalue weighted by Gasteiger charge is 2.54. The zero-order valence-electron chi connectivity index (χ0n) is 33.2. The smallest absolute Gasteiger partial charge is 0.340 e. The molecule has 2 amide bonds. The van der Waals surface area contributed by atoms with Gasteiger partial charge in [-0.05, 0) is 89.3 Å². The van der Waals surface area contributed by atoms with E-state index in [1.54, 1.807) is 57.2 Å². The summed E-state index contributed by atoms with van der Waals surface area (Å²) in [5, 5.41) is 11.7. The van der Waals surface area contributed by atoms with Gasteiger partial charge in [-0.2, -0.15) is 0 Å². The van der Waals surface area contributed by atoms with E-state index in [-0.39, 0.29) is 42.2 Å². The SMILES string of the molecule is Cc1ccc2c(c1)Oc1cc(OC(=O)C(C)(C)C)ccc1C21OC(=O)c2cc(C(=O)NCCCCCC(=O)N3CCC(C)(COC(=O)CCC(=O)O)CC3)ccc21. The number of esters is 3. The minimum atomic E-state index is -1.35. The van der Waals surface area contributed by atoms with Crippen molar-refractivity contribution in [1.29, 1.82) is 0 Å². The Bertz CT molecular complexity index is 2090. The number of piperidine rings is 1. The van der Waals surface area contributed by atoms with Crippen molar-refractivity contribution >= 4 is 35.7 Å². The normalized spacial score (nSPS) is 17.7. The zero-order valence-corrected chi connectivity index (χ0v) is 33.2. The van der Waals surface area contributed by atoms with E-state index in [1.165, 1.54) is 0 Å². The Kier molecular flexibility index (Phi) is 11.8. The molecule has 57 heavy (non-hydrogen) atoms. The number of nitrogens with zero attached hydrogens (tertiary/aromatic N) is 1. The second kappa shape index (κ2) is 16.4. The van der Waals surface area contributed by atoms with E-state index in [4.69, 9.17) is 24.1 Å². The van der Waals surface area contributed by atoms with E-state index in [1.807, 2.05) is 36.9 Å². The van der Waals surface area contributed by atoms with Crippen molar-refractivity contribution in [2.75, 3.05) is 26.2 Å². The number of amides is 2. The number of carboxylic acid groups (broad SMARTS) is 1. The number of unbranched alkanes of at least 4 members (excludes halogenated alkanes) is 2. The molecule has 3 aliphatic rings. The molecule has 3 aliphatic heterocycles. The van der Waals surface area contributed by atoms with Crippen molar-refractivity contribution in [2.45, 2.75) is 91.6 Å². The highest BCUT2D eigenvalue weighted by molar-refractivity contribution is 6.01. The number of nitrogens with one attached hydrogen (secondary N) is 1. The molecule has 1 spiro atoms. The number of ether oxygens (including phenoxy) is 4. The van der Waals surface area contributed by atoms with Crippen molar-refractivity contribution in [1.82, 2.24) is 10.2 Å². The summed E-state index contributed by atoms with van der Waals surface area (Å²) in [4.78, 5) is 76.7. The fraction of sp³-hybridized carbons (Fsp3) is 0.455. The summed E-state index contributed by atoms with van der Waals surface area (Å²) >= 11 is 0. The molecule has 0 saturated carbocycles. The maximum Gasteiger partial charge on any atom is 0.340 e. The largest absolute Gasteiger partial charge is 0.481 e. The van der Waals surface area contributed by atoms with Crippen LogP contribution in [-0.4, -0.2) is 71.9 Å². The van der Waals surface area contributed by atoms with Gasteiger partial charge in [0.1, 0.15) is 17.2 Å². The first-order valence-electron chi connectivity index (χ1n) is 19.5. The molecule has 1 fully saturated rings. The Labute approximate surface area is 332 Å². The Morgan fingerprint density at radius 3 is 2.25 bits per heavy atom. The number of rotatable bonds is 13. The average molecular weight is 783 g/mol. The second-order valence-electron chi connectivity index (χ2n) is 16.5. The number of hydrogen-bond donors (Lipinski definition) is 2. The summed E-state index contributed by atoms with van der Waals surface area (Å²) in [5.74, 6) is -1.65. The predicted molar refractivity (Wildman–Crippen MR) is 207 cm³/mol. The molecule has 3 aromatic carbocycles. The standard InChI is InChI=1S/C44H50N2O11/c1-27-10-13-32-34(23-27)56-35-25-29(55-41(53)42(2,3)4)12-15-33(35)44(32)31-14-11-28(24-30(31)40(52)57-44)39(51)45-20-8-6-7-9-36(47)46-21-18-43(5,19-22-46)26-54-38(50)17-16-37(48)49/h10-15,23-25H,6-9,16-22,26H2,1-5H3,(H,45,51)(H,48,49). The van der Waals surface area contributed by atoms with Gasteiger partial charge in [0, 0.05) is 59.8 Å². The van der Waals surface area contributed by atoms with Crippen LogP contribution < -0.4 is 14.8 Å². The Morgan fingerprint density at radius 1 is 0.860 bits per heavy atom. The van der Waals surface area contributed by atoms with Crippen molar-refractivity contribution < 1.29 is 52.8 Å². The van der Waals surface area contributed by atoms with E-state index in [9.17, 15) is 28.8 Å². The van der Waals surface area contributed by atoms with E-state index in [2.05, 4.69) is 5.32 Å². The third kappa shape index (κ3) is 8.97. The summed E-state index contributed by atoms with van der Waals surface area (Å²) in [6.07, 6.45) is 3.42. The number of carbonyl (C=O) groups is 6. The first kappa shape index (κ1) is 40.9. The van der Waals surface area contributed by atoms with E-state index in [0.717, 1.165) is 12.0 Å². The van der Waals surface area contributed by atoms with Gasteiger partial charge in [-0.25, -0.2) is 4.79 Å². The minimum absolute atomic E-state index is 0.0663. The molecular weight excluding hydrogens is 732 g/mol. The molecule has 1 unspecified atom stereocenters. The number of aliphatic carboxylic acids is 1. The summed E-state index contributed by atoms with van der Waals surface area (Å²) in [7, 11) is 0. The molecule has 1 atom stereocenters. The summed E-state index contributed by atoms with van der Waals surface area (Å²) < 4.78 is 23.5. The average Bonchev–Trinajstić information content (AvgIpc) is 3.45. The van der Waals surface area contributed by atoms with Crippen molar-refractivity contribution in [3.63, 3.8) is 0 Å². The number of benzene rings is 3. The molecule has 13 heteroatoms. The van der Waals surface area contributed by atoms with Crippen LogP contribution in [0.25, 0.3) is 0 Å². The maximum atomic E-state index is 13.6. The van der Waals surface area contributed by atoms with Crippen LogP contribution in [0, 0.1) is 17.8 Å². The number of carboxylic acids is 1. The van der Waals surface area contributed by atoms with E-state index >= 15 is 0 Å². The van der Waals surface area contributed by atoms with Gasteiger partial charge in [0.2, 0.25) is 5.91 Å². The molecule has 6 rings (SSSR count). The van der Waals surface area contributed by atoms with Crippen LogP contribution in [0.15, 0.2) is 54.6 Å². The molecule has 0 aliphatic carbocycles. The number of aryl methyl sites for hydroxylation is 1. The molecule has 2 N–H and O–H groups in total. The number of carbonyl (C=O) groups excluding carboxylic acids is 5. The predicted octanol–water partition coefficient (Wildman–Crippen LogP) is 6.84. The van der Waals surface area contributed by atoms with Gasteiger partial charge in [0.15, 0.2) is 5.60 Å². The lowest BCUT2D eigenvalue weighted by Gasteiger charge is -2.39. The Hall–Kier alpha value is -5.72. The highest BCUT2D eigenvalue weighted by atomic mass is 16.6. The second-order valence-corrected chi connectivity index (χ2v) is 16.5. The first-order chi connectivity index (χ1) is 27.0. The molecule has 3 heterocycles. The lowest BCUT2D eigenvalue weighted by atomic mass is 9.77. The molecule has 13 nitrogen and oxygen atoms in total. The summed E-state index contributed by atoms with van der Waals surface area (Å²) in [6.45, 7) is 11.0. The van der Waals surface area contributed by atoms with Gasteiger partial charge >= 0.3 is 23.9 Å². The third-order valence-corrected chi connectivity index (χ3v) is 10.8. The molecular formula is C44H50N2O11. The lowest BCUT2D eigenvalue weighted by Crippen LogP contribution is -2.44. The van der Waals surface area contributed by atoms with Crippen LogP contribution in [0.2, 0.25) is 0 Å². The first-order valence-corrected chi connectivity index (χ1v) is 19.5. The van der Waals surface area contributed by atoms with Gasteiger partial charge in [0.25, 0.3) is 5.91 Å². The molecule has 0 bridgehead atoms. The lowest BCUT2D eigenvalue weighted by molar-refractivity contribution is -0.151. The molecule has 0 aromatic heterocycles. The van der Waals surface area contributed by atoms with Gasteiger partial charge in [-0.3, -0.25) is 24.0 Å². The van der Waals surface area contributed by atoms with Gasteiger partial charge < -0.3 is 34.3 Å². The molecule has 3 aromatic rings. The number of likely N-dealkylation sites (tertiary alicyclic amines) is 1. The van der Waals surface area contributed by atoms with Crippen LogP contribution in [0.3, 0.4) is 0 Å². The fourth-order valence-corrected chi connectivity index (χ4v) is 7.30. The maximum absolute atomic E-state index is 13.6. The fourth-order valence-electron chi connectivity index (χ4n) is 7.30. The minimum Gasteiger partial charge on any atom is -0.481 e. The number of hydrogen-bond acceptors (Lipinski definition) is 10. The van der Waals surface area contributed by atoms with Gasteiger partial charge in [-0.15, -0.1) is 0 Å². The quantitative estimate of drug-likeness (QED) is 0.106. The van der Waals surface area contributed by atoms with E-state index < -0.39 is 34.9 Å². The van der Waals surface area contributed by atoms with Crippen molar-refractivity contribution in [3.05, 3.63) is 88.0 Å². The van der Waals surface area contributed by atoms with Crippen molar-refractivity contribution in [2.24, 2.45) is 10.8 Å². The van der Waals surface area contributed by atoms with Gasteiger partial charge in [-0.1, -0.05) is 31.5 Å². The monoisotopic (exact) mass is 782 g/mol. The molecule has 0 radical (unpaired) electrons. The third-order valence-electron chi connectivity index (χ3n) is 10.8. The van der Waals surface area contributed by atoms with Crippen LogP contribution in [0.4, 0.5) is 0 Å². The summed E-state index contributed by atoms with van der Waals surface area (Å²) in [6, 6.07) is 15.6. The Morgan fingerprint density at radius 2 is 1.54 bits per heavy atom. The summed E-state index contributed by atoms with van der Waals surface area (Å²) in [5.41, 5.74) is 0.942. The van der Waals surface area contributed by atoms with Crippen molar-refractivity contribution in [3.8, 4) is 17.2 Å². The molecule has 1 saturated heterocycles. The van der Waals surface area contributed by atoms with Crippen LogP contribution in [0.1, 0.15) is 122 Å². The van der Waals surface area contributed by atoms with E-state index in [0.29, 0.717) is 91.2 Å².